The first-order valence-electron chi connectivity index (χ1n) is 7.53. The molecule has 1 N–H and O–H groups in total. The molecule has 0 saturated carbocycles. The van der Waals surface area contributed by atoms with Gasteiger partial charge in [0.15, 0.2) is 0 Å². The van der Waals surface area contributed by atoms with Gasteiger partial charge in [0.1, 0.15) is 0 Å². The molecule has 2 heterocycles. The Balaban J connectivity index is 1.53. The van der Waals surface area contributed by atoms with Crippen LogP contribution in [0.15, 0.2) is 36.7 Å². The molecule has 0 atom stereocenters. The van der Waals surface area contributed by atoms with Crippen molar-refractivity contribution in [1.29, 1.82) is 0 Å². The number of anilines is 1. The van der Waals surface area contributed by atoms with Crippen molar-refractivity contribution >= 4 is 16.5 Å². The standard InChI is InChI=1S/C17H23N3/c1-13(2)6-8-20-11-17(12-20)19-16-4-3-15-10-18-7-5-14(15)9-16/h3-5,7,9-10,13,17,19H,6,8,11-12H2,1-2H3. The highest BCUT2D eigenvalue weighted by molar-refractivity contribution is 5.84. The van der Waals surface area contributed by atoms with Crippen LogP contribution >= 0.6 is 0 Å². The number of nitrogens with one attached hydrogen (secondary N) is 1. The molecule has 3 heteroatoms. The second-order valence-corrected chi connectivity index (χ2v) is 6.22. The van der Waals surface area contributed by atoms with Gasteiger partial charge in [-0.05, 0) is 42.5 Å². The highest BCUT2D eigenvalue weighted by atomic mass is 15.2. The molecule has 0 amide bonds. The van der Waals surface area contributed by atoms with E-state index < -0.39 is 0 Å². The van der Waals surface area contributed by atoms with Crippen molar-refractivity contribution in [2.45, 2.75) is 26.3 Å². The monoisotopic (exact) mass is 269 g/mol. The van der Waals surface area contributed by atoms with E-state index in [2.05, 4.69) is 53.3 Å². The average molecular weight is 269 g/mol. The van der Waals surface area contributed by atoms with Crippen LogP contribution in [-0.4, -0.2) is 35.6 Å². The minimum Gasteiger partial charge on any atom is -0.380 e. The third-order valence-corrected chi connectivity index (χ3v) is 3.99. The van der Waals surface area contributed by atoms with E-state index in [1.807, 2.05) is 12.4 Å². The second kappa shape index (κ2) is 5.80. The van der Waals surface area contributed by atoms with Crippen LogP contribution in [0.25, 0.3) is 10.8 Å². The maximum atomic E-state index is 4.15. The maximum absolute atomic E-state index is 4.15. The van der Waals surface area contributed by atoms with E-state index in [4.69, 9.17) is 0 Å². The summed E-state index contributed by atoms with van der Waals surface area (Å²) < 4.78 is 0. The molecule has 1 aliphatic heterocycles. The zero-order chi connectivity index (χ0) is 13.9. The first-order valence-corrected chi connectivity index (χ1v) is 7.53. The Morgan fingerprint density at radius 3 is 2.90 bits per heavy atom. The van der Waals surface area contributed by atoms with Gasteiger partial charge in [-0.25, -0.2) is 0 Å². The zero-order valence-corrected chi connectivity index (χ0v) is 12.3. The number of rotatable bonds is 5. The molecule has 0 bridgehead atoms. The maximum Gasteiger partial charge on any atom is 0.0515 e. The van der Waals surface area contributed by atoms with Crippen molar-refractivity contribution in [3.05, 3.63) is 36.7 Å². The molecule has 20 heavy (non-hydrogen) atoms. The molecule has 3 rings (SSSR count). The van der Waals surface area contributed by atoms with Crippen LogP contribution in [0.1, 0.15) is 20.3 Å². The molecule has 1 fully saturated rings. The van der Waals surface area contributed by atoms with Crippen LogP contribution in [0.4, 0.5) is 5.69 Å². The highest BCUT2D eigenvalue weighted by Gasteiger charge is 2.25. The molecule has 1 aromatic carbocycles. The van der Waals surface area contributed by atoms with Gasteiger partial charge in [0.25, 0.3) is 0 Å². The predicted molar refractivity (Wildman–Crippen MR) is 85.0 cm³/mol. The lowest BCUT2D eigenvalue weighted by atomic mass is 10.0. The fourth-order valence-corrected chi connectivity index (χ4v) is 2.69. The third kappa shape index (κ3) is 3.10. The smallest absolute Gasteiger partial charge is 0.0515 e. The van der Waals surface area contributed by atoms with E-state index in [9.17, 15) is 0 Å². The SMILES string of the molecule is CC(C)CCN1CC(Nc2ccc3cnccc3c2)C1. The lowest BCUT2D eigenvalue weighted by Crippen LogP contribution is -2.54. The van der Waals surface area contributed by atoms with Gasteiger partial charge >= 0.3 is 0 Å². The van der Waals surface area contributed by atoms with Gasteiger partial charge in [0.2, 0.25) is 0 Å². The number of likely N-dealkylation sites (tertiary alicyclic amines) is 1. The van der Waals surface area contributed by atoms with Crippen LogP contribution in [0, 0.1) is 5.92 Å². The van der Waals surface area contributed by atoms with Crippen LogP contribution in [0.3, 0.4) is 0 Å². The molecule has 1 saturated heterocycles. The molecule has 1 aromatic heterocycles. The largest absolute Gasteiger partial charge is 0.380 e. The van der Waals surface area contributed by atoms with E-state index in [1.54, 1.807) is 0 Å². The van der Waals surface area contributed by atoms with Crippen molar-refractivity contribution in [1.82, 2.24) is 9.88 Å². The van der Waals surface area contributed by atoms with Crippen LogP contribution < -0.4 is 5.32 Å². The van der Waals surface area contributed by atoms with E-state index in [-0.39, 0.29) is 0 Å². The number of aromatic nitrogens is 1. The van der Waals surface area contributed by atoms with Crippen molar-refractivity contribution in [2.24, 2.45) is 5.92 Å². The molecule has 0 radical (unpaired) electrons. The summed E-state index contributed by atoms with van der Waals surface area (Å²) in [6.07, 6.45) is 5.06. The van der Waals surface area contributed by atoms with Gasteiger partial charge in [-0.2, -0.15) is 0 Å². The zero-order valence-electron chi connectivity index (χ0n) is 12.3. The van der Waals surface area contributed by atoms with Crippen molar-refractivity contribution in [3.63, 3.8) is 0 Å². The van der Waals surface area contributed by atoms with Gasteiger partial charge in [-0.1, -0.05) is 19.9 Å². The first-order chi connectivity index (χ1) is 9.70. The predicted octanol–water partition coefficient (Wildman–Crippen LogP) is 3.38. The summed E-state index contributed by atoms with van der Waals surface area (Å²) in [6, 6.07) is 9.17. The van der Waals surface area contributed by atoms with Gasteiger partial charge in [-0.3, -0.25) is 9.88 Å². The number of benzene rings is 1. The summed E-state index contributed by atoms with van der Waals surface area (Å²) >= 11 is 0. The molecule has 106 valence electrons. The van der Waals surface area contributed by atoms with Gasteiger partial charge in [0.05, 0.1) is 6.04 Å². The van der Waals surface area contributed by atoms with Crippen molar-refractivity contribution in [3.8, 4) is 0 Å². The average Bonchev–Trinajstić information content (AvgIpc) is 2.40. The molecule has 2 aromatic rings. The van der Waals surface area contributed by atoms with Gasteiger partial charge in [0, 0.05) is 36.6 Å². The Kier molecular flexibility index (Phi) is 3.88. The molecule has 3 nitrogen and oxygen atoms in total. The van der Waals surface area contributed by atoms with Crippen LogP contribution in [-0.2, 0) is 0 Å². The summed E-state index contributed by atoms with van der Waals surface area (Å²) in [4.78, 5) is 6.68. The third-order valence-electron chi connectivity index (χ3n) is 3.99. The summed E-state index contributed by atoms with van der Waals surface area (Å²) in [5.41, 5.74) is 1.22. The van der Waals surface area contributed by atoms with Crippen molar-refractivity contribution < 1.29 is 0 Å². The molecule has 0 unspecified atom stereocenters. The molecular weight excluding hydrogens is 246 g/mol. The quantitative estimate of drug-likeness (QED) is 0.902. The first kappa shape index (κ1) is 13.4. The Hall–Kier alpha value is -1.61. The van der Waals surface area contributed by atoms with Crippen LogP contribution in [0.2, 0.25) is 0 Å². The number of hydrogen-bond acceptors (Lipinski definition) is 3. The molecular formula is C17H23N3. The Morgan fingerprint density at radius 2 is 2.10 bits per heavy atom. The minimum absolute atomic E-state index is 0.599. The number of nitrogens with zero attached hydrogens (tertiary/aromatic N) is 2. The summed E-state index contributed by atoms with van der Waals surface area (Å²) in [5.74, 6) is 0.802. The Labute approximate surface area is 121 Å². The number of fused-ring (bicyclic) bond motifs is 1. The topological polar surface area (TPSA) is 28.2 Å². The van der Waals surface area contributed by atoms with E-state index in [0.717, 1.165) is 5.92 Å². The van der Waals surface area contributed by atoms with Gasteiger partial charge in [-0.15, -0.1) is 0 Å². The lowest BCUT2D eigenvalue weighted by molar-refractivity contribution is 0.153. The number of hydrogen-bond donors (Lipinski definition) is 1. The summed E-state index contributed by atoms with van der Waals surface area (Å²) in [7, 11) is 0. The molecule has 0 aliphatic carbocycles. The van der Waals surface area contributed by atoms with Crippen LogP contribution in [0.5, 0.6) is 0 Å². The lowest BCUT2D eigenvalue weighted by Gasteiger charge is -2.40. The fourth-order valence-electron chi connectivity index (χ4n) is 2.69. The highest BCUT2D eigenvalue weighted by Crippen LogP contribution is 2.21. The van der Waals surface area contributed by atoms with E-state index >= 15 is 0 Å². The Morgan fingerprint density at radius 1 is 1.25 bits per heavy atom. The summed E-state index contributed by atoms with van der Waals surface area (Å²) in [5, 5.41) is 6.08. The van der Waals surface area contributed by atoms with E-state index in [1.165, 1.54) is 42.5 Å². The fraction of sp³-hybridized carbons (Fsp3) is 0.471. The Bertz CT molecular complexity index is 573. The molecule has 0 spiro atoms. The minimum atomic E-state index is 0.599. The van der Waals surface area contributed by atoms with E-state index in [0.29, 0.717) is 6.04 Å². The normalized spacial score (nSPS) is 16.6. The number of pyridine rings is 1. The molecule has 1 aliphatic rings. The van der Waals surface area contributed by atoms with Gasteiger partial charge < -0.3 is 5.32 Å². The summed E-state index contributed by atoms with van der Waals surface area (Å²) in [6.45, 7) is 8.15. The second-order valence-electron chi connectivity index (χ2n) is 6.22. The van der Waals surface area contributed by atoms with Crippen molar-refractivity contribution in [2.75, 3.05) is 25.0 Å².